The molecule has 0 spiro atoms. The van der Waals surface area contributed by atoms with Gasteiger partial charge in [-0.15, -0.1) is 0 Å². The van der Waals surface area contributed by atoms with Crippen LogP contribution in [-0.2, 0) is 6.54 Å². The third-order valence-electron chi connectivity index (χ3n) is 5.03. The Morgan fingerprint density at radius 3 is 2.70 bits per heavy atom. The van der Waals surface area contributed by atoms with Crippen LogP contribution in [0.5, 0.6) is 0 Å². The minimum atomic E-state index is 0.254. The van der Waals surface area contributed by atoms with Crippen LogP contribution in [-0.4, -0.2) is 29.6 Å². The van der Waals surface area contributed by atoms with E-state index < -0.39 is 0 Å². The minimum absolute atomic E-state index is 0.254. The minimum Gasteiger partial charge on any atom is -0.310 e. The molecular weight excluding hydrogens is 244 g/mol. The first-order valence-electron chi connectivity index (χ1n) is 7.99. The van der Waals surface area contributed by atoms with Gasteiger partial charge in [-0.2, -0.15) is 0 Å². The molecule has 2 unspecified atom stereocenters. The van der Waals surface area contributed by atoms with Gasteiger partial charge >= 0.3 is 0 Å². The Morgan fingerprint density at radius 1 is 1.30 bits per heavy atom. The van der Waals surface area contributed by atoms with Gasteiger partial charge in [0.2, 0.25) is 0 Å². The summed E-state index contributed by atoms with van der Waals surface area (Å²) < 4.78 is 0. The van der Waals surface area contributed by atoms with Gasteiger partial charge in [0.25, 0.3) is 0 Å². The molecule has 0 bridgehead atoms. The number of hydrogen-bond acceptors (Lipinski definition) is 2. The molecule has 0 aliphatic carbocycles. The number of hydrogen-bond donors (Lipinski definition) is 1. The summed E-state index contributed by atoms with van der Waals surface area (Å²) in [4.78, 5) is 2.65. The SMILES string of the molecule is CCC1(C)CN(Cc2ccc(C)c(C)c2)C(C)CCN1. The van der Waals surface area contributed by atoms with E-state index in [0.717, 1.165) is 19.6 Å². The van der Waals surface area contributed by atoms with Crippen LogP contribution >= 0.6 is 0 Å². The second-order valence-electron chi connectivity index (χ2n) is 6.80. The predicted molar refractivity (Wildman–Crippen MR) is 87.1 cm³/mol. The molecule has 20 heavy (non-hydrogen) atoms. The van der Waals surface area contributed by atoms with E-state index in [1.807, 2.05) is 0 Å². The molecule has 0 aromatic heterocycles. The second-order valence-corrected chi connectivity index (χ2v) is 6.80. The molecule has 0 saturated carbocycles. The Hall–Kier alpha value is -0.860. The zero-order chi connectivity index (χ0) is 14.8. The number of nitrogens with one attached hydrogen (secondary N) is 1. The predicted octanol–water partition coefficient (Wildman–Crippen LogP) is 3.66. The molecule has 1 aromatic rings. The first kappa shape index (κ1) is 15.5. The average Bonchev–Trinajstić information content (AvgIpc) is 2.55. The summed E-state index contributed by atoms with van der Waals surface area (Å²) in [5.41, 5.74) is 4.49. The van der Waals surface area contributed by atoms with Crippen LogP contribution in [0.15, 0.2) is 18.2 Å². The van der Waals surface area contributed by atoms with Crippen molar-refractivity contribution in [1.82, 2.24) is 10.2 Å². The molecule has 1 aliphatic heterocycles. The lowest BCUT2D eigenvalue weighted by atomic mass is 9.98. The van der Waals surface area contributed by atoms with Crippen LogP contribution in [0, 0.1) is 13.8 Å². The van der Waals surface area contributed by atoms with Gasteiger partial charge in [-0.25, -0.2) is 0 Å². The van der Waals surface area contributed by atoms with Crippen LogP contribution in [0.25, 0.3) is 0 Å². The van der Waals surface area contributed by atoms with Crippen LogP contribution in [0.2, 0.25) is 0 Å². The van der Waals surface area contributed by atoms with E-state index in [2.05, 4.69) is 63.0 Å². The van der Waals surface area contributed by atoms with Crippen LogP contribution in [0.4, 0.5) is 0 Å². The lowest BCUT2D eigenvalue weighted by Gasteiger charge is -2.35. The fourth-order valence-electron chi connectivity index (χ4n) is 3.01. The van der Waals surface area contributed by atoms with Gasteiger partial charge in [0.15, 0.2) is 0 Å². The first-order chi connectivity index (χ1) is 9.43. The van der Waals surface area contributed by atoms with Gasteiger partial charge in [-0.1, -0.05) is 25.1 Å². The molecule has 2 rings (SSSR count). The van der Waals surface area contributed by atoms with Crippen molar-refractivity contribution in [3.63, 3.8) is 0 Å². The smallest absolute Gasteiger partial charge is 0.0278 e. The summed E-state index contributed by atoms with van der Waals surface area (Å²) in [6.45, 7) is 14.7. The van der Waals surface area contributed by atoms with Crippen LogP contribution < -0.4 is 5.32 Å². The molecule has 0 radical (unpaired) electrons. The molecule has 1 aromatic carbocycles. The van der Waals surface area contributed by atoms with E-state index in [1.54, 1.807) is 0 Å². The van der Waals surface area contributed by atoms with E-state index >= 15 is 0 Å². The highest BCUT2D eigenvalue weighted by atomic mass is 15.2. The van der Waals surface area contributed by atoms with Gasteiger partial charge < -0.3 is 5.32 Å². The summed E-state index contributed by atoms with van der Waals surface area (Å²) in [7, 11) is 0. The molecule has 2 atom stereocenters. The fraction of sp³-hybridized carbons (Fsp3) is 0.667. The zero-order valence-electron chi connectivity index (χ0n) is 13.8. The first-order valence-corrected chi connectivity index (χ1v) is 7.99. The van der Waals surface area contributed by atoms with Gasteiger partial charge in [-0.3, -0.25) is 4.90 Å². The Kier molecular flexibility index (Phi) is 4.87. The van der Waals surface area contributed by atoms with Crippen LogP contribution in [0.3, 0.4) is 0 Å². The maximum absolute atomic E-state index is 3.73. The second kappa shape index (κ2) is 6.28. The Balaban J connectivity index is 2.14. The van der Waals surface area contributed by atoms with Crippen LogP contribution in [0.1, 0.15) is 50.3 Å². The van der Waals surface area contributed by atoms with Crippen molar-refractivity contribution in [3.05, 3.63) is 34.9 Å². The highest BCUT2D eigenvalue weighted by Crippen LogP contribution is 2.21. The standard InChI is InChI=1S/C18H30N2/c1-6-18(5)13-20(16(4)9-10-19-18)12-17-8-7-14(2)15(3)11-17/h7-8,11,16,19H,6,9-10,12-13H2,1-5H3. The molecule has 1 fully saturated rings. The molecule has 0 amide bonds. The van der Waals surface area contributed by atoms with Gasteiger partial charge in [0, 0.05) is 24.7 Å². The summed E-state index contributed by atoms with van der Waals surface area (Å²) in [5.74, 6) is 0. The van der Waals surface area contributed by atoms with Gasteiger partial charge in [0.05, 0.1) is 0 Å². The number of aryl methyl sites for hydroxylation is 2. The normalized spacial score (nSPS) is 28.4. The summed E-state index contributed by atoms with van der Waals surface area (Å²) in [6.07, 6.45) is 2.42. The molecule has 1 saturated heterocycles. The lowest BCUT2D eigenvalue weighted by Crippen LogP contribution is -2.49. The largest absolute Gasteiger partial charge is 0.310 e. The molecule has 1 heterocycles. The summed E-state index contributed by atoms with van der Waals surface area (Å²) >= 11 is 0. The highest BCUT2D eigenvalue weighted by Gasteiger charge is 2.30. The van der Waals surface area contributed by atoms with E-state index in [-0.39, 0.29) is 5.54 Å². The van der Waals surface area contributed by atoms with Crippen molar-refractivity contribution in [3.8, 4) is 0 Å². The quantitative estimate of drug-likeness (QED) is 0.905. The van der Waals surface area contributed by atoms with E-state index in [4.69, 9.17) is 0 Å². The Bertz CT molecular complexity index is 455. The average molecular weight is 274 g/mol. The molecule has 112 valence electrons. The summed E-state index contributed by atoms with van der Waals surface area (Å²) in [6, 6.07) is 7.54. The molecule has 1 N–H and O–H groups in total. The molecule has 2 heteroatoms. The lowest BCUT2D eigenvalue weighted by molar-refractivity contribution is 0.163. The Labute approximate surface area is 124 Å². The van der Waals surface area contributed by atoms with Crippen molar-refractivity contribution in [2.75, 3.05) is 13.1 Å². The Morgan fingerprint density at radius 2 is 2.05 bits per heavy atom. The molecular formula is C18H30N2. The zero-order valence-corrected chi connectivity index (χ0v) is 13.8. The third-order valence-corrected chi connectivity index (χ3v) is 5.03. The van der Waals surface area contributed by atoms with Crippen molar-refractivity contribution in [2.45, 2.75) is 65.6 Å². The number of rotatable bonds is 3. The van der Waals surface area contributed by atoms with E-state index in [9.17, 15) is 0 Å². The van der Waals surface area contributed by atoms with Crippen molar-refractivity contribution in [1.29, 1.82) is 0 Å². The maximum atomic E-state index is 3.73. The maximum Gasteiger partial charge on any atom is 0.0278 e. The fourth-order valence-corrected chi connectivity index (χ4v) is 3.01. The van der Waals surface area contributed by atoms with Gasteiger partial charge in [0.1, 0.15) is 0 Å². The number of benzene rings is 1. The highest BCUT2D eigenvalue weighted by molar-refractivity contribution is 5.29. The monoisotopic (exact) mass is 274 g/mol. The van der Waals surface area contributed by atoms with E-state index in [1.165, 1.54) is 29.5 Å². The van der Waals surface area contributed by atoms with Crippen molar-refractivity contribution in [2.24, 2.45) is 0 Å². The van der Waals surface area contributed by atoms with Gasteiger partial charge in [-0.05, 0) is 63.8 Å². The molecule has 2 nitrogen and oxygen atoms in total. The number of nitrogens with zero attached hydrogens (tertiary/aromatic N) is 1. The summed E-state index contributed by atoms with van der Waals surface area (Å²) in [5, 5.41) is 3.73. The van der Waals surface area contributed by atoms with Crippen molar-refractivity contribution >= 4 is 0 Å². The third kappa shape index (κ3) is 3.62. The van der Waals surface area contributed by atoms with Crippen molar-refractivity contribution < 1.29 is 0 Å². The molecule has 1 aliphatic rings. The topological polar surface area (TPSA) is 15.3 Å². The van der Waals surface area contributed by atoms with E-state index in [0.29, 0.717) is 6.04 Å².